The summed E-state index contributed by atoms with van der Waals surface area (Å²) in [6.07, 6.45) is 2.89. The lowest BCUT2D eigenvalue weighted by Gasteiger charge is -2.37. The van der Waals surface area contributed by atoms with Gasteiger partial charge in [-0.05, 0) is 49.6 Å². The van der Waals surface area contributed by atoms with Crippen molar-refractivity contribution in [3.8, 4) is 5.69 Å². The number of carbonyl (C=O) groups excluding carboxylic acids is 1. The van der Waals surface area contributed by atoms with Crippen molar-refractivity contribution in [3.63, 3.8) is 0 Å². The summed E-state index contributed by atoms with van der Waals surface area (Å²) in [5.74, 6) is 0.613. The number of aromatic nitrogens is 2. The molecule has 0 aliphatic carbocycles. The number of halogens is 2. The molecule has 7 nitrogen and oxygen atoms in total. The molecule has 0 radical (unpaired) electrons. The summed E-state index contributed by atoms with van der Waals surface area (Å²) in [7, 11) is 0. The number of aryl methyl sites for hydroxylation is 2. The largest absolute Gasteiger partial charge is 0.390 e. The van der Waals surface area contributed by atoms with E-state index in [2.05, 4.69) is 59.1 Å². The molecule has 0 saturated carbocycles. The lowest BCUT2D eigenvalue weighted by Crippen LogP contribution is -2.50. The molecule has 1 saturated heterocycles. The molecule has 1 fully saturated rings. The van der Waals surface area contributed by atoms with Crippen LogP contribution in [-0.4, -0.2) is 70.8 Å². The van der Waals surface area contributed by atoms with Gasteiger partial charge < -0.3 is 19.9 Å². The minimum atomic E-state index is -0.627. The van der Waals surface area contributed by atoms with Crippen molar-refractivity contribution in [1.29, 1.82) is 0 Å². The fraction of sp³-hybridized carbons (Fsp3) is 0.429. The van der Waals surface area contributed by atoms with Gasteiger partial charge in [-0.3, -0.25) is 9.69 Å². The zero-order valence-corrected chi connectivity index (χ0v) is 23.5. The molecule has 9 heteroatoms. The van der Waals surface area contributed by atoms with Crippen LogP contribution in [0.1, 0.15) is 40.8 Å². The summed E-state index contributed by atoms with van der Waals surface area (Å²) in [4.78, 5) is 22.0. The first-order valence-corrected chi connectivity index (χ1v) is 12.6. The molecule has 1 aliphatic rings. The van der Waals surface area contributed by atoms with Gasteiger partial charge in [-0.15, -0.1) is 24.8 Å². The van der Waals surface area contributed by atoms with Gasteiger partial charge >= 0.3 is 0 Å². The summed E-state index contributed by atoms with van der Waals surface area (Å²) in [5, 5.41) is 13.5. The Kier molecular flexibility index (Phi) is 11.9. The minimum Gasteiger partial charge on any atom is -0.390 e. The second-order valence-electron chi connectivity index (χ2n) is 9.37. The standard InChI is InChI=1S/C28H37N5O2.2ClH/c1-4-9-27-30-25(20-33(27)23-11-6-5-7-12-23)28(35)29-18-24(34)19-31-14-16-32(17-15-31)26-13-8-10-21(2)22(26)3;;/h5-8,10-13,20,24,34H,4,9,14-19H2,1-3H3,(H,29,35);2*1H. The zero-order valence-electron chi connectivity index (χ0n) is 21.9. The van der Waals surface area contributed by atoms with Crippen molar-refractivity contribution < 1.29 is 9.90 Å². The number of aliphatic hydroxyl groups excluding tert-OH is 1. The molecule has 202 valence electrons. The van der Waals surface area contributed by atoms with E-state index >= 15 is 0 Å². The lowest BCUT2D eigenvalue weighted by atomic mass is 10.1. The van der Waals surface area contributed by atoms with Crippen molar-refractivity contribution in [2.45, 2.75) is 39.7 Å². The van der Waals surface area contributed by atoms with E-state index in [9.17, 15) is 9.90 Å². The molecular formula is C28H39Cl2N5O2. The SMILES string of the molecule is CCCc1nc(C(=O)NCC(O)CN2CCN(c3cccc(C)c3C)CC2)cn1-c1ccccc1.Cl.Cl. The average molecular weight is 549 g/mol. The van der Waals surface area contributed by atoms with Crippen molar-refractivity contribution in [2.75, 3.05) is 44.2 Å². The highest BCUT2D eigenvalue weighted by molar-refractivity contribution is 5.92. The first-order valence-electron chi connectivity index (χ1n) is 12.6. The molecule has 1 amide bonds. The fourth-order valence-electron chi connectivity index (χ4n) is 4.65. The molecule has 1 aliphatic heterocycles. The number of carbonyl (C=O) groups is 1. The van der Waals surface area contributed by atoms with Gasteiger partial charge in [0.25, 0.3) is 5.91 Å². The maximum atomic E-state index is 12.8. The third kappa shape index (κ3) is 7.71. The molecule has 1 atom stereocenters. The van der Waals surface area contributed by atoms with Crippen LogP contribution in [0.25, 0.3) is 5.69 Å². The van der Waals surface area contributed by atoms with Gasteiger partial charge in [0.1, 0.15) is 11.5 Å². The Morgan fingerprint density at radius 2 is 1.73 bits per heavy atom. The van der Waals surface area contributed by atoms with Crippen LogP contribution in [0.15, 0.2) is 54.7 Å². The molecule has 4 rings (SSSR count). The Labute approximate surface area is 232 Å². The first-order chi connectivity index (χ1) is 17.0. The Morgan fingerprint density at radius 3 is 2.41 bits per heavy atom. The highest BCUT2D eigenvalue weighted by Crippen LogP contribution is 2.24. The van der Waals surface area contributed by atoms with Crippen LogP contribution in [0.3, 0.4) is 0 Å². The molecule has 3 aromatic rings. The van der Waals surface area contributed by atoms with Crippen LogP contribution in [-0.2, 0) is 6.42 Å². The number of hydrogen-bond donors (Lipinski definition) is 2. The smallest absolute Gasteiger partial charge is 0.271 e. The summed E-state index contributed by atoms with van der Waals surface area (Å²) in [6.45, 7) is 10.8. The topological polar surface area (TPSA) is 73.6 Å². The second kappa shape index (κ2) is 14.4. The van der Waals surface area contributed by atoms with E-state index in [1.54, 1.807) is 6.20 Å². The molecule has 1 unspecified atom stereocenters. The number of imidazole rings is 1. The lowest BCUT2D eigenvalue weighted by molar-refractivity contribution is 0.0848. The number of β-amino-alcohol motifs (C(OH)–C–C–N with tert-alkyl or cyclic N) is 1. The van der Waals surface area contributed by atoms with Crippen LogP contribution in [0.4, 0.5) is 5.69 Å². The average Bonchev–Trinajstić information content (AvgIpc) is 3.30. The summed E-state index contributed by atoms with van der Waals surface area (Å²) in [5.41, 5.74) is 5.32. The highest BCUT2D eigenvalue weighted by Gasteiger charge is 2.22. The molecule has 37 heavy (non-hydrogen) atoms. The first kappa shape index (κ1) is 30.6. The van der Waals surface area contributed by atoms with Crippen LogP contribution < -0.4 is 10.2 Å². The number of piperazine rings is 1. The number of para-hydroxylation sites is 1. The van der Waals surface area contributed by atoms with Crippen molar-refractivity contribution >= 4 is 36.4 Å². The van der Waals surface area contributed by atoms with Crippen molar-refractivity contribution in [2.24, 2.45) is 0 Å². The van der Waals surface area contributed by atoms with E-state index in [0.717, 1.165) is 50.5 Å². The summed E-state index contributed by atoms with van der Waals surface area (Å²) >= 11 is 0. The van der Waals surface area contributed by atoms with Gasteiger partial charge in [0, 0.05) is 63.3 Å². The minimum absolute atomic E-state index is 0. The van der Waals surface area contributed by atoms with Gasteiger partial charge in [-0.1, -0.05) is 37.3 Å². The number of anilines is 1. The molecule has 2 aromatic carbocycles. The number of hydrogen-bond acceptors (Lipinski definition) is 5. The predicted molar refractivity (Wildman–Crippen MR) is 155 cm³/mol. The second-order valence-corrected chi connectivity index (χ2v) is 9.37. The molecule has 2 heterocycles. The number of amides is 1. The maximum Gasteiger partial charge on any atom is 0.271 e. The Bertz CT molecular complexity index is 1130. The highest BCUT2D eigenvalue weighted by atomic mass is 35.5. The van der Waals surface area contributed by atoms with Crippen LogP contribution >= 0.6 is 24.8 Å². The van der Waals surface area contributed by atoms with Gasteiger partial charge in [0.15, 0.2) is 0 Å². The quantitative estimate of drug-likeness (QED) is 0.420. The molecule has 1 aromatic heterocycles. The predicted octanol–water partition coefficient (Wildman–Crippen LogP) is 4.20. The molecular weight excluding hydrogens is 509 g/mol. The van der Waals surface area contributed by atoms with E-state index in [-0.39, 0.29) is 37.3 Å². The Hall–Kier alpha value is -2.58. The summed E-state index contributed by atoms with van der Waals surface area (Å²) in [6, 6.07) is 16.4. The fourth-order valence-corrected chi connectivity index (χ4v) is 4.65. The van der Waals surface area contributed by atoms with Crippen LogP contribution in [0, 0.1) is 13.8 Å². The molecule has 0 bridgehead atoms. The molecule has 2 N–H and O–H groups in total. The van der Waals surface area contributed by atoms with Crippen LogP contribution in [0.5, 0.6) is 0 Å². The maximum absolute atomic E-state index is 12.8. The summed E-state index contributed by atoms with van der Waals surface area (Å²) < 4.78 is 1.98. The number of aliphatic hydroxyl groups is 1. The number of nitrogens with one attached hydrogen (secondary N) is 1. The Balaban J connectivity index is 0.00000241. The van der Waals surface area contributed by atoms with Gasteiger partial charge in [-0.2, -0.15) is 0 Å². The van der Waals surface area contributed by atoms with Gasteiger partial charge in [0.05, 0.1) is 6.10 Å². The van der Waals surface area contributed by atoms with Crippen LogP contribution in [0.2, 0.25) is 0 Å². The third-order valence-corrected chi connectivity index (χ3v) is 6.78. The van der Waals surface area contributed by atoms with Crippen molar-refractivity contribution in [3.05, 3.63) is 77.4 Å². The zero-order chi connectivity index (χ0) is 24.8. The van der Waals surface area contributed by atoms with E-state index in [4.69, 9.17) is 0 Å². The van der Waals surface area contributed by atoms with E-state index < -0.39 is 6.10 Å². The third-order valence-electron chi connectivity index (χ3n) is 6.78. The normalized spacial score (nSPS) is 14.4. The van der Waals surface area contributed by atoms with Gasteiger partial charge in [0.2, 0.25) is 0 Å². The number of rotatable bonds is 9. The molecule has 0 spiro atoms. The van der Waals surface area contributed by atoms with E-state index in [1.807, 2.05) is 34.9 Å². The number of nitrogens with zero attached hydrogens (tertiary/aromatic N) is 4. The van der Waals surface area contributed by atoms with Crippen molar-refractivity contribution in [1.82, 2.24) is 19.8 Å². The Morgan fingerprint density at radius 1 is 1.03 bits per heavy atom. The monoisotopic (exact) mass is 547 g/mol. The van der Waals surface area contributed by atoms with E-state index in [0.29, 0.717) is 12.2 Å². The van der Waals surface area contributed by atoms with E-state index in [1.165, 1.54) is 16.8 Å². The van der Waals surface area contributed by atoms with Gasteiger partial charge in [-0.25, -0.2) is 4.98 Å². The number of benzene rings is 2.